The first-order valence-electron chi connectivity index (χ1n) is 7.00. The van der Waals surface area contributed by atoms with Crippen molar-refractivity contribution in [3.63, 3.8) is 0 Å². The van der Waals surface area contributed by atoms with Crippen molar-refractivity contribution in [1.82, 2.24) is 15.3 Å². The van der Waals surface area contributed by atoms with Crippen LogP contribution in [0.1, 0.15) is 22.6 Å². The van der Waals surface area contributed by atoms with Gasteiger partial charge in [0.15, 0.2) is 0 Å². The Morgan fingerprint density at radius 2 is 2.14 bits per heavy atom. The molecule has 3 rings (SSSR count). The third-order valence-electron chi connectivity index (χ3n) is 3.09. The first-order chi connectivity index (χ1) is 10.8. The van der Waals surface area contributed by atoms with Gasteiger partial charge >= 0.3 is 0 Å². The number of aromatic nitrogens is 2. The van der Waals surface area contributed by atoms with Crippen molar-refractivity contribution in [2.45, 2.75) is 12.8 Å². The first kappa shape index (κ1) is 14.9. The Balaban J connectivity index is 1.48. The highest BCUT2D eigenvalue weighted by Gasteiger charge is 2.11. The molecule has 3 heterocycles. The zero-order chi connectivity index (χ0) is 15.2. The topological polar surface area (TPSA) is 54.9 Å². The van der Waals surface area contributed by atoms with E-state index >= 15 is 0 Å². The zero-order valence-electron chi connectivity index (χ0n) is 11.9. The number of thiazole rings is 1. The molecule has 0 unspecified atom stereocenters. The lowest BCUT2D eigenvalue weighted by Crippen LogP contribution is -2.25. The molecule has 3 aromatic rings. The van der Waals surface area contributed by atoms with Gasteiger partial charge in [0.05, 0.1) is 4.88 Å². The van der Waals surface area contributed by atoms with E-state index in [0.717, 1.165) is 28.4 Å². The van der Waals surface area contributed by atoms with E-state index in [1.807, 2.05) is 41.1 Å². The number of aryl methyl sites for hydroxylation is 1. The normalized spacial score (nSPS) is 10.5. The molecular formula is C16H15N3OS2. The molecule has 1 N–H and O–H groups in total. The van der Waals surface area contributed by atoms with Gasteiger partial charge in [-0.3, -0.25) is 9.78 Å². The molecule has 0 saturated carbocycles. The Hall–Kier alpha value is -2.05. The Morgan fingerprint density at radius 3 is 2.91 bits per heavy atom. The van der Waals surface area contributed by atoms with Crippen LogP contribution in [-0.4, -0.2) is 22.4 Å². The maximum atomic E-state index is 12.1. The fraction of sp³-hybridized carbons (Fsp3) is 0.188. The molecule has 0 fully saturated rings. The molecule has 3 aromatic heterocycles. The van der Waals surface area contributed by atoms with Crippen LogP contribution in [-0.2, 0) is 6.42 Å². The number of carbonyl (C=O) groups is 1. The van der Waals surface area contributed by atoms with Crippen LogP contribution in [0.5, 0.6) is 0 Å². The quantitative estimate of drug-likeness (QED) is 0.703. The number of amides is 1. The second kappa shape index (κ2) is 7.29. The number of carbonyl (C=O) groups excluding carboxylic acids is 1. The minimum absolute atomic E-state index is 0.111. The van der Waals surface area contributed by atoms with Gasteiger partial charge in [0.1, 0.15) is 10.7 Å². The van der Waals surface area contributed by atoms with Crippen molar-refractivity contribution in [2.75, 3.05) is 6.54 Å². The van der Waals surface area contributed by atoms with Gasteiger partial charge in [-0.2, -0.15) is 0 Å². The third kappa shape index (κ3) is 3.78. The summed E-state index contributed by atoms with van der Waals surface area (Å²) in [4.78, 5) is 21.8. The van der Waals surface area contributed by atoms with Gasteiger partial charge in [0, 0.05) is 23.8 Å². The van der Waals surface area contributed by atoms with Gasteiger partial charge in [0.25, 0.3) is 5.91 Å². The smallest absolute Gasteiger partial charge is 0.270 e. The summed E-state index contributed by atoms with van der Waals surface area (Å²) in [6, 6.07) is 9.87. The van der Waals surface area contributed by atoms with Crippen molar-refractivity contribution in [3.05, 3.63) is 58.7 Å². The number of nitrogens with zero attached hydrogens (tertiary/aromatic N) is 2. The lowest BCUT2D eigenvalue weighted by atomic mass is 10.2. The van der Waals surface area contributed by atoms with E-state index in [4.69, 9.17) is 0 Å². The van der Waals surface area contributed by atoms with Crippen LogP contribution in [0.4, 0.5) is 0 Å². The number of nitrogens with one attached hydrogen (secondary N) is 1. The minimum Gasteiger partial charge on any atom is -0.351 e. The molecular weight excluding hydrogens is 314 g/mol. The van der Waals surface area contributed by atoms with Gasteiger partial charge in [0.2, 0.25) is 0 Å². The molecule has 0 aliphatic carbocycles. The molecule has 0 spiro atoms. The van der Waals surface area contributed by atoms with E-state index in [-0.39, 0.29) is 5.91 Å². The molecule has 112 valence electrons. The third-order valence-corrected chi connectivity index (χ3v) is 4.97. The molecule has 0 radical (unpaired) electrons. The second-order valence-corrected chi connectivity index (χ2v) is 6.50. The highest BCUT2D eigenvalue weighted by molar-refractivity contribution is 7.20. The molecule has 0 atom stereocenters. The molecule has 0 aromatic carbocycles. The Morgan fingerprint density at radius 1 is 1.18 bits per heavy atom. The zero-order valence-corrected chi connectivity index (χ0v) is 13.5. The van der Waals surface area contributed by atoms with Crippen LogP contribution < -0.4 is 5.32 Å². The minimum atomic E-state index is -0.111. The monoisotopic (exact) mass is 329 g/mol. The van der Waals surface area contributed by atoms with Crippen molar-refractivity contribution < 1.29 is 4.79 Å². The lowest BCUT2D eigenvalue weighted by Gasteiger charge is -2.03. The van der Waals surface area contributed by atoms with Crippen LogP contribution in [0.25, 0.3) is 9.88 Å². The summed E-state index contributed by atoms with van der Waals surface area (Å²) < 4.78 is 0. The van der Waals surface area contributed by atoms with E-state index in [2.05, 4.69) is 15.3 Å². The molecule has 4 nitrogen and oxygen atoms in total. The predicted octanol–water partition coefficient (Wildman–Crippen LogP) is 3.63. The van der Waals surface area contributed by atoms with Crippen LogP contribution in [0.15, 0.2) is 47.3 Å². The Kier molecular flexibility index (Phi) is 4.92. The van der Waals surface area contributed by atoms with Crippen molar-refractivity contribution >= 4 is 28.6 Å². The van der Waals surface area contributed by atoms with Crippen LogP contribution in [0, 0.1) is 0 Å². The predicted molar refractivity (Wildman–Crippen MR) is 90.3 cm³/mol. The maximum absolute atomic E-state index is 12.1. The van der Waals surface area contributed by atoms with Gasteiger partial charge in [-0.05, 0) is 36.4 Å². The summed E-state index contributed by atoms with van der Waals surface area (Å²) >= 11 is 3.13. The first-order valence-corrected chi connectivity index (χ1v) is 8.76. The van der Waals surface area contributed by atoms with Gasteiger partial charge in [-0.15, -0.1) is 22.7 Å². The SMILES string of the molecule is O=C(NCCCc1ccccn1)c1csc(-c2cccs2)n1. The van der Waals surface area contributed by atoms with E-state index < -0.39 is 0 Å². The Bertz CT molecular complexity index is 723. The van der Waals surface area contributed by atoms with Gasteiger partial charge in [-0.25, -0.2) is 4.98 Å². The summed E-state index contributed by atoms with van der Waals surface area (Å²) in [6.07, 6.45) is 3.51. The van der Waals surface area contributed by atoms with Crippen LogP contribution >= 0.6 is 22.7 Å². The number of hydrogen-bond donors (Lipinski definition) is 1. The number of pyridine rings is 1. The maximum Gasteiger partial charge on any atom is 0.270 e. The van der Waals surface area contributed by atoms with Crippen LogP contribution in [0.2, 0.25) is 0 Å². The molecule has 0 saturated heterocycles. The molecule has 0 bridgehead atoms. The van der Waals surface area contributed by atoms with Crippen molar-refractivity contribution in [2.24, 2.45) is 0 Å². The second-order valence-electron chi connectivity index (χ2n) is 4.70. The van der Waals surface area contributed by atoms with Crippen molar-refractivity contribution in [1.29, 1.82) is 0 Å². The fourth-order valence-corrected chi connectivity index (χ4v) is 3.61. The van der Waals surface area contributed by atoms with Crippen molar-refractivity contribution in [3.8, 4) is 9.88 Å². The summed E-state index contributed by atoms with van der Waals surface area (Å²) in [7, 11) is 0. The van der Waals surface area contributed by atoms with E-state index in [1.54, 1.807) is 17.5 Å². The average molecular weight is 329 g/mol. The summed E-state index contributed by atoms with van der Waals surface area (Å²) in [5, 5.41) is 7.62. The fourth-order valence-electron chi connectivity index (χ4n) is 2.00. The standard InChI is InChI=1S/C16H15N3OS2/c20-15(18-9-3-6-12-5-1-2-8-17-12)13-11-22-16(19-13)14-7-4-10-21-14/h1-2,4-5,7-8,10-11H,3,6,9H2,(H,18,20). The summed E-state index contributed by atoms with van der Waals surface area (Å²) in [6.45, 7) is 0.626. The van der Waals surface area contributed by atoms with E-state index in [9.17, 15) is 4.79 Å². The average Bonchev–Trinajstić information content (AvgIpc) is 3.22. The van der Waals surface area contributed by atoms with E-state index in [1.165, 1.54) is 11.3 Å². The van der Waals surface area contributed by atoms with Crippen LogP contribution in [0.3, 0.4) is 0 Å². The Labute approximate surface area is 136 Å². The highest BCUT2D eigenvalue weighted by atomic mass is 32.1. The molecule has 6 heteroatoms. The number of rotatable bonds is 6. The van der Waals surface area contributed by atoms with Gasteiger partial charge in [-0.1, -0.05) is 12.1 Å². The molecule has 0 aliphatic rings. The molecule has 1 amide bonds. The number of hydrogen-bond acceptors (Lipinski definition) is 5. The van der Waals surface area contributed by atoms with Gasteiger partial charge < -0.3 is 5.32 Å². The van der Waals surface area contributed by atoms with E-state index in [0.29, 0.717) is 12.2 Å². The number of thiophene rings is 1. The summed E-state index contributed by atoms with van der Waals surface area (Å²) in [5.74, 6) is -0.111. The molecule has 22 heavy (non-hydrogen) atoms. The lowest BCUT2D eigenvalue weighted by molar-refractivity contribution is 0.0949. The highest BCUT2D eigenvalue weighted by Crippen LogP contribution is 2.27. The molecule has 0 aliphatic heterocycles. The largest absolute Gasteiger partial charge is 0.351 e. The summed E-state index contributed by atoms with van der Waals surface area (Å²) in [5.41, 5.74) is 1.54.